The van der Waals surface area contributed by atoms with Crippen molar-refractivity contribution in [1.82, 2.24) is 0 Å². The number of aryl methyl sites for hydroxylation is 1. The number of benzene rings is 1. The van der Waals surface area contributed by atoms with Crippen molar-refractivity contribution in [2.45, 2.75) is 31.7 Å². The minimum atomic E-state index is -0.0933. The van der Waals surface area contributed by atoms with E-state index in [1.165, 1.54) is 0 Å². The highest BCUT2D eigenvalue weighted by Crippen LogP contribution is 2.28. The van der Waals surface area contributed by atoms with E-state index >= 15 is 0 Å². The van der Waals surface area contributed by atoms with E-state index in [1.807, 2.05) is 18.2 Å². The van der Waals surface area contributed by atoms with Crippen molar-refractivity contribution in [2.75, 3.05) is 11.4 Å². The van der Waals surface area contributed by atoms with Gasteiger partial charge in [-0.15, -0.1) is 0 Å². The standard InChI is InChI=1S/C14H16N2O2/c15-10-6-14(18)16(8-10)11-5-4-9-2-1-3-13(17)12(9)7-11/h4-5,7,10H,1-3,6,8,15H2. The Labute approximate surface area is 106 Å². The zero-order valence-corrected chi connectivity index (χ0v) is 10.2. The third-order valence-corrected chi connectivity index (χ3v) is 3.71. The second-order valence-corrected chi connectivity index (χ2v) is 5.09. The van der Waals surface area contributed by atoms with Crippen LogP contribution in [0.15, 0.2) is 18.2 Å². The molecule has 0 saturated carbocycles. The number of ketones is 1. The fourth-order valence-electron chi connectivity index (χ4n) is 2.77. The number of carbonyl (C=O) groups excluding carboxylic acids is 2. The molecule has 1 unspecified atom stereocenters. The van der Waals surface area contributed by atoms with Crippen LogP contribution in [-0.4, -0.2) is 24.3 Å². The van der Waals surface area contributed by atoms with Crippen LogP contribution in [0.4, 0.5) is 5.69 Å². The van der Waals surface area contributed by atoms with Crippen molar-refractivity contribution in [2.24, 2.45) is 5.73 Å². The number of rotatable bonds is 1. The van der Waals surface area contributed by atoms with E-state index in [9.17, 15) is 9.59 Å². The number of nitrogens with two attached hydrogens (primary N) is 1. The number of Topliss-reactive ketones (excluding diaryl/α,β-unsaturated/α-hetero) is 1. The van der Waals surface area contributed by atoms with E-state index in [2.05, 4.69) is 0 Å². The van der Waals surface area contributed by atoms with Gasteiger partial charge in [-0.1, -0.05) is 6.07 Å². The molecular weight excluding hydrogens is 228 g/mol. The molecule has 0 aromatic heterocycles. The molecule has 1 amide bonds. The first kappa shape index (κ1) is 11.4. The first-order chi connectivity index (χ1) is 8.65. The largest absolute Gasteiger partial charge is 0.326 e. The molecule has 2 aliphatic rings. The molecule has 94 valence electrons. The molecule has 1 saturated heterocycles. The maximum atomic E-state index is 11.9. The minimum absolute atomic E-state index is 0.0470. The topological polar surface area (TPSA) is 63.4 Å². The van der Waals surface area contributed by atoms with E-state index < -0.39 is 0 Å². The summed E-state index contributed by atoms with van der Waals surface area (Å²) in [6.45, 7) is 0.547. The first-order valence-corrected chi connectivity index (χ1v) is 6.37. The molecule has 0 bridgehead atoms. The molecule has 0 radical (unpaired) electrons. The Morgan fingerprint density at radius 2 is 2.06 bits per heavy atom. The van der Waals surface area contributed by atoms with Gasteiger partial charge >= 0.3 is 0 Å². The summed E-state index contributed by atoms with van der Waals surface area (Å²) in [6.07, 6.45) is 2.89. The summed E-state index contributed by atoms with van der Waals surface area (Å²) in [5.41, 5.74) is 8.48. The molecule has 18 heavy (non-hydrogen) atoms. The third-order valence-electron chi connectivity index (χ3n) is 3.71. The van der Waals surface area contributed by atoms with Crippen molar-refractivity contribution < 1.29 is 9.59 Å². The number of anilines is 1. The Kier molecular flexibility index (Phi) is 2.67. The molecule has 1 fully saturated rings. The van der Waals surface area contributed by atoms with Crippen LogP contribution in [-0.2, 0) is 11.2 Å². The summed E-state index contributed by atoms with van der Waals surface area (Å²) in [5, 5.41) is 0. The van der Waals surface area contributed by atoms with Gasteiger partial charge in [0.2, 0.25) is 5.91 Å². The molecule has 1 aromatic carbocycles. The lowest BCUT2D eigenvalue weighted by Crippen LogP contribution is -2.28. The molecule has 1 heterocycles. The van der Waals surface area contributed by atoms with Crippen LogP contribution in [0.3, 0.4) is 0 Å². The van der Waals surface area contributed by atoms with Gasteiger partial charge in [-0.3, -0.25) is 9.59 Å². The minimum Gasteiger partial charge on any atom is -0.326 e. The average molecular weight is 244 g/mol. The number of nitrogens with zero attached hydrogens (tertiary/aromatic N) is 1. The number of carbonyl (C=O) groups is 2. The van der Waals surface area contributed by atoms with Gasteiger partial charge < -0.3 is 10.6 Å². The maximum absolute atomic E-state index is 11.9. The molecule has 0 spiro atoms. The Morgan fingerprint density at radius 3 is 2.78 bits per heavy atom. The van der Waals surface area contributed by atoms with Crippen LogP contribution in [0.1, 0.15) is 35.2 Å². The molecular formula is C14H16N2O2. The van der Waals surface area contributed by atoms with Crippen molar-refractivity contribution >= 4 is 17.4 Å². The molecule has 1 atom stereocenters. The van der Waals surface area contributed by atoms with E-state index in [-0.39, 0.29) is 17.7 Å². The van der Waals surface area contributed by atoms with Gasteiger partial charge in [-0.25, -0.2) is 0 Å². The summed E-state index contributed by atoms with van der Waals surface area (Å²) in [6, 6.07) is 5.66. The Bertz CT molecular complexity index is 525. The monoisotopic (exact) mass is 244 g/mol. The highest BCUT2D eigenvalue weighted by Gasteiger charge is 2.29. The van der Waals surface area contributed by atoms with Crippen LogP contribution >= 0.6 is 0 Å². The predicted octanol–water partition coefficient (Wildman–Crippen LogP) is 1.27. The number of amides is 1. The lowest BCUT2D eigenvalue weighted by Gasteiger charge is -2.20. The van der Waals surface area contributed by atoms with E-state index in [4.69, 9.17) is 5.73 Å². The van der Waals surface area contributed by atoms with E-state index in [0.29, 0.717) is 19.4 Å². The van der Waals surface area contributed by atoms with Crippen LogP contribution in [0.5, 0.6) is 0 Å². The van der Waals surface area contributed by atoms with Gasteiger partial charge in [0, 0.05) is 36.7 Å². The van der Waals surface area contributed by atoms with Crippen molar-refractivity contribution in [3.8, 4) is 0 Å². The van der Waals surface area contributed by atoms with Crippen LogP contribution in [0, 0.1) is 0 Å². The lowest BCUT2D eigenvalue weighted by atomic mass is 9.90. The van der Waals surface area contributed by atoms with Crippen molar-refractivity contribution in [3.05, 3.63) is 29.3 Å². The van der Waals surface area contributed by atoms with Gasteiger partial charge in [0.15, 0.2) is 5.78 Å². The van der Waals surface area contributed by atoms with Gasteiger partial charge in [0.05, 0.1) is 0 Å². The molecule has 3 rings (SSSR count). The second kappa shape index (κ2) is 4.21. The van der Waals surface area contributed by atoms with E-state index in [1.54, 1.807) is 4.90 Å². The molecule has 2 N–H and O–H groups in total. The summed E-state index contributed by atoms with van der Waals surface area (Å²) in [5.74, 6) is 0.236. The SMILES string of the molecule is NC1CC(=O)N(c2ccc3c(c2)C(=O)CCC3)C1. The van der Waals surface area contributed by atoms with Gasteiger partial charge in [0.25, 0.3) is 0 Å². The molecule has 1 aromatic rings. The Balaban J connectivity index is 1.97. The Hall–Kier alpha value is -1.68. The zero-order valence-electron chi connectivity index (χ0n) is 10.2. The third kappa shape index (κ3) is 1.82. The fourth-order valence-corrected chi connectivity index (χ4v) is 2.77. The van der Waals surface area contributed by atoms with Gasteiger partial charge in [0.1, 0.15) is 0 Å². The Morgan fingerprint density at radius 1 is 1.22 bits per heavy atom. The molecule has 1 aliphatic carbocycles. The average Bonchev–Trinajstić information content (AvgIpc) is 2.69. The number of hydrogen-bond donors (Lipinski definition) is 1. The molecule has 4 heteroatoms. The predicted molar refractivity (Wildman–Crippen MR) is 68.7 cm³/mol. The van der Waals surface area contributed by atoms with Gasteiger partial charge in [-0.2, -0.15) is 0 Å². The smallest absolute Gasteiger partial charge is 0.228 e. The molecule has 1 aliphatic heterocycles. The van der Waals surface area contributed by atoms with E-state index in [0.717, 1.165) is 29.7 Å². The van der Waals surface area contributed by atoms with Crippen molar-refractivity contribution in [1.29, 1.82) is 0 Å². The summed E-state index contributed by atoms with van der Waals surface area (Å²) in [4.78, 5) is 25.4. The highest BCUT2D eigenvalue weighted by molar-refractivity contribution is 6.01. The number of fused-ring (bicyclic) bond motifs is 1. The summed E-state index contributed by atoms with van der Waals surface area (Å²) < 4.78 is 0. The second-order valence-electron chi connectivity index (χ2n) is 5.09. The maximum Gasteiger partial charge on any atom is 0.228 e. The van der Waals surface area contributed by atoms with Crippen molar-refractivity contribution in [3.63, 3.8) is 0 Å². The fraction of sp³-hybridized carbons (Fsp3) is 0.429. The highest BCUT2D eigenvalue weighted by atomic mass is 16.2. The first-order valence-electron chi connectivity index (χ1n) is 6.37. The lowest BCUT2D eigenvalue weighted by molar-refractivity contribution is -0.117. The molecule has 4 nitrogen and oxygen atoms in total. The number of hydrogen-bond acceptors (Lipinski definition) is 3. The van der Waals surface area contributed by atoms with Gasteiger partial charge in [-0.05, 0) is 30.5 Å². The van der Waals surface area contributed by atoms with Crippen LogP contribution in [0.2, 0.25) is 0 Å². The quantitative estimate of drug-likeness (QED) is 0.809. The normalized spacial score (nSPS) is 23.4. The van der Waals surface area contributed by atoms with Crippen LogP contribution in [0.25, 0.3) is 0 Å². The zero-order chi connectivity index (χ0) is 12.7. The van der Waals surface area contributed by atoms with Crippen LogP contribution < -0.4 is 10.6 Å². The summed E-state index contributed by atoms with van der Waals surface area (Å²) in [7, 11) is 0. The summed E-state index contributed by atoms with van der Waals surface area (Å²) >= 11 is 0.